The second-order valence-electron chi connectivity index (χ2n) is 4.52. The van der Waals surface area contributed by atoms with Crippen molar-refractivity contribution in [3.8, 4) is 5.75 Å². The molecule has 0 aliphatic heterocycles. The van der Waals surface area contributed by atoms with Crippen molar-refractivity contribution in [2.24, 2.45) is 0 Å². The highest BCUT2D eigenvalue weighted by Crippen LogP contribution is 2.25. The van der Waals surface area contributed by atoms with Crippen molar-refractivity contribution in [1.29, 1.82) is 0 Å². The minimum atomic E-state index is -0.309. The smallest absolute Gasteiger partial charge is 0.276 e. The first kappa shape index (κ1) is 12.2. The number of phenolic OH excluding ortho intramolecular Hbond substituents is 1. The summed E-state index contributed by atoms with van der Waals surface area (Å²) < 4.78 is 0. The van der Waals surface area contributed by atoms with E-state index in [1.807, 2.05) is 24.3 Å². The van der Waals surface area contributed by atoms with Crippen LogP contribution >= 0.6 is 0 Å². The molecule has 0 saturated heterocycles. The van der Waals surface area contributed by atoms with E-state index in [1.165, 1.54) is 0 Å². The molecule has 3 rings (SSSR count). The van der Waals surface area contributed by atoms with Gasteiger partial charge in [0.15, 0.2) is 5.69 Å². The fraction of sp³-hybridized carbons (Fsp3) is 0.0667. The molecule has 0 unspecified atom stereocenters. The summed E-state index contributed by atoms with van der Waals surface area (Å²) in [5.74, 6) is -0.161. The number of nitrogens with one attached hydrogen (secondary N) is 2. The number of aromatic amines is 1. The second kappa shape index (κ2) is 4.70. The van der Waals surface area contributed by atoms with Crippen LogP contribution in [0.4, 0.5) is 5.69 Å². The summed E-state index contributed by atoms with van der Waals surface area (Å²) >= 11 is 0. The second-order valence-corrected chi connectivity index (χ2v) is 4.52. The van der Waals surface area contributed by atoms with Crippen molar-refractivity contribution in [3.05, 3.63) is 53.7 Å². The summed E-state index contributed by atoms with van der Waals surface area (Å²) in [6.45, 7) is 1.74. The number of aromatic nitrogens is 2. The van der Waals surface area contributed by atoms with E-state index >= 15 is 0 Å². The molecular formula is C15H13N3O2. The average molecular weight is 267 g/mol. The van der Waals surface area contributed by atoms with Crippen LogP contribution in [0.15, 0.2) is 42.5 Å². The van der Waals surface area contributed by atoms with Crippen molar-refractivity contribution in [2.75, 3.05) is 5.32 Å². The Bertz CT molecular complexity index is 793. The Morgan fingerprint density at radius 3 is 2.85 bits per heavy atom. The van der Waals surface area contributed by atoms with Gasteiger partial charge in [0.2, 0.25) is 0 Å². The zero-order chi connectivity index (χ0) is 14.1. The Labute approximate surface area is 115 Å². The van der Waals surface area contributed by atoms with Crippen LogP contribution in [0.25, 0.3) is 10.9 Å². The zero-order valence-electron chi connectivity index (χ0n) is 10.8. The Morgan fingerprint density at radius 1 is 1.20 bits per heavy atom. The number of carbonyl (C=O) groups excluding carboxylic acids is 1. The SMILES string of the molecule is Cc1c(O)cccc1NC(=O)c1n[nH]c2ccccc12. The van der Waals surface area contributed by atoms with Crippen LogP contribution < -0.4 is 5.32 Å². The zero-order valence-corrected chi connectivity index (χ0v) is 10.8. The molecular weight excluding hydrogens is 254 g/mol. The fourth-order valence-corrected chi connectivity index (χ4v) is 2.08. The van der Waals surface area contributed by atoms with Crippen LogP contribution in [0.5, 0.6) is 5.75 Å². The summed E-state index contributed by atoms with van der Waals surface area (Å²) in [5.41, 5.74) is 2.34. The third-order valence-corrected chi connectivity index (χ3v) is 3.24. The van der Waals surface area contributed by atoms with E-state index in [0.717, 1.165) is 10.9 Å². The van der Waals surface area contributed by atoms with E-state index in [4.69, 9.17) is 0 Å². The molecule has 5 heteroatoms. The highest BCUT2D eigenvalue weighted by atomic mass is 16.3. The first-order valence-corrected chi connectivity index (χ1v) is 6.20. The lowest BCUT2D eigenvalue weighted by Crippen LogP contribution is -2.13. The number of anilines is 1. The number of para-hydroxylation sites is 1. The van der Waals surface area contributed by atoms with Crippen molar-refractivity contribution in [2.45, 2.75) is 6.92 Å². The summed E-state index contributed by atoms with van der Waals surface area (Å²) in [5, 5.41) is 20.0. The van der Waals surface area contributed by atoms with E-state index < -0.39 is 0 Å². The molecule has 3 N–H and O–H groups in total. The number of hydrogen-bond acceptors (Lipinski definition) is 3. The van der Waals surface area contributed by atoms with Crippen LogP contribution in [-0.2, 0) is 0 Å². The van der Waals surface area contributed by atoms with Crippen molar-refractivity contribution >= 4 is 22.5 Å². The van der Waals surface area contributed by atoms with Gasteiger partial charge < -0.3 is 10.4 Å². The maximum Gasteiger partial charge on any atom is 0.276 e. The highest BCUT2D eigenvalue weighted by Gasteiger charge is 2.15. The van der Waals surface area contributed by atoms with Gasteiger partial charge in [-0.3, -0.25) is 9.89 Å². The van der Waals surface area contributed by atoms with Gasteiger partial charge in [0.05, 0.1) is 5.52 Å². The van der Waals surface area contributed by atoms with Gasteiger partial charge in [-0.25, -0.2) is 0 Å². The molecule has 0 saturated carbocycles. The largest absolute Gasteiger partial charge is 0.508 e. The van der Waals surface area contributed by atoms with Gasteiger partial charge in [-0.1, -0.05) is 24.3 Å². The van der Waals surface area contributed by atoms with Gasteiger partial charge in [0.1, 0.15) is 5.75 Å². The topological polar surface area (TPSA) is 78.0 Å². The number of phenols is 1. The summed E-state index contributed by atoms with van der Waals surface area (Å²) in [6.07, 6.45) is 0. The van der Waals surface area contributed by atoms with Crippen molar-refractivity contribution < 1.29 is 9.90 Å². The molecule has 0 atom stereocenters. The van der Waals surface area contributed by atoms with Crippen molar-refractivity contribution in [3.63, 3.8) is 0 Å². The fourth-order valence-electron chi connectivity index (χ4n) is 2.08. The molecule has 2 aromatic carbocycles. The number of carbonyl (C=O) groups is 1. The lowest BCUT2D eigenvalue weighted by atomic mass is 10.1. The third kappa shape index (κ3) is 1.99. The van der Waals surface area contributed by atoms with E-state index in [0.29, 0.717) is 16.9 Å². The van der Waals surface area contributed by atoms with Gasteiger partial charge in [-0.05, 0) is 25.1 Å². The third-order valence-electron chi connectivity index (χ3n) is 3.24. The van der Waals surface area contributed by atoms with E-state index in [-0.39, 0.29) is 11.7 Å². The Kier molecular flexibility index (Phi) is 2.87. The summed E-state index contributed by atoms with van der Waals surface area (Å²) in [7, 11) is 0. The Balaban J connectivity index is 1.95. The van der Waals surface area contributed by atoms with Crippen LogP contribution in [0.2, 0.25) is 0 Å². The highest BCUT2D eigenvalue weighted by molar-refractivity contribution is 6.11. The number of rotatable bonds is 2. The normalized spacial score (nSPS) is 10.7. The lowest BCUT2D eigenvalue weighted by Gasteiger charge is -2.08. The monoisotopic (exact) mass is 267 g/mol. The van der Waals surface area contributed by atoms with Gasteiger partial charge in [-0.2, -0.15) is 5.10 Å². The van der Waals surface area contributed by atoms with E-state index in [1.54, 1.807) is 25.1 Å². The van der Waals surface area contributed by atoms with Crippen LogP contribution in [0, 0.1) is 6.92 Å². The molecule has 1 aromatic heterocycles. The number of benzene rings is 2. The first-order chi connectivity index (χ1) is 9.66. The molecule has 0 bridgehead atoms. The molecule has 1 amide bonds. The maximum absolute atomic E-state index is 12.3. The van der Waals surface area contributed by atoms with Gasteiger partial charge >= 0.3 is 0 Å². The van der Waals surface area contributed by atoms with E-state index in [9.17, 15) is 9.90 Å². The number of H-pyrrole nitrogens is 1. The van der Waals surface area contributed by atoms with Crippen LogP contribution in [0.1, 0.15) is 16.1 Å². The molecule has 0 aliphatic carbocycles. The average Bonchev–Trinajstić information content (AvgIpc) is 2.88. The van der Waals surface area contributed by atoms with Gasteiger partial charge in [0.25, 0.3) is 5.91 Å². The molecule has 1 heterocycles. The summed E-state index contributed by atoms with van der Waals surface area (Å²) in [6, 6.07) is 12.4. The standard InChI is InChI=1S/C15H13N3O2/c1-9-11(7-4-8-13(9)19)16-15(20)14-10-5-2-3-6-12(10)17-18-14/h2-8,19H,1H3,(H,16,20)(H,17,18). The van der Waals surface area contributed by atoms with Crippen LogP contribution in [0.3, 0.4) is 0 Å². The maximum atomic E-state index is 12.3. The number of fused-ring (bicyclic) bond motifs is 1. The quantitative estimate of drug-likeness (QED) is 0.668. The minimum Gasteiger partial charge on any atom is -0.508 e. The number of nitrogens with zero attached hydrogens (tertiary/aromatic N) is 1. The lowest BCUT2D eigenvalue weighted by molar-refractivity contribution is 0.102. The number of hydrogen-bond donors (Lipinski definition) is 3. The molecule has 0 fully saturated rings. The Hall–Kier alpha value is -2.82. The molecule has 3 aromatic rings. The molecule has 0 radical (unpaired) electrons. The van der Waals surface area contributed by atoms with Crippen LogP contribution in [-0.4, -0.2) is 21.2 Å². The minimum absolute atomic E-state index is 0.148. The molecule has 0 aliphatic rings. The number of aromatic hydroxyl groups is 1. The predicted molar refractivity (Wildman–Crippen MR) is 76.9 cm³/mol. The summed E-state index contributed by atoms with van der Waals surface area (Å²) in [4.78, 5) is 12.3. The van der Waals surface area contributed by atoms with Gasteiger partial charge in [-0.15, -0.1) is 0 Å². The molecule has 5 nitrogen and oxygen atoms in total. The predicted octanol–water partition coefficient (Wildman–Crippen LogP) is 2.83. The van der Waals surface area contributed by atoms with E-state index in [2.05, 4.69) is 15.5 Å². The molecule has 100 valence electrons. The number of amides is 1. The molecule has 20 heavy (non-hydrogen) atoms. The van der Waals surface area contributed by atoms with Gasteiger partial charge in [0, 0.05) is 16.6 Å². The first-order valence-electron chi connectivity index (χ1n) is 6.20. The Morgan fingerprint density at radius 2 is 2.00 bits per heavy atom. The molecule has 0 spiro atoms. The van der Waals surface area contributed by atoms with Crippen molar-refractivity contribution in [1.82, 2.24) is 10.2 Å².